The highest BCUT2D eigenvalue weighted by molar-refractivity contribution is 6.09. The van der Waals surface area contributed by atoms with Gasteiger partial charge in [0, 0.05) is 44.3 Å². The molecular weight excluding hydrogens is 616 g/mol. The Kier molecular flexibility index (Phi) is 8.75. The van der Waals surface area contributed by atoms with Crippen LogP contribution in [0.15, 0.2) is 49.1 Å². The summed E-state index contributed by atoms with van der Waals surface area (Å²) in [6.45, 7) is -3.31. The molecule has 0 saturated carbocycles. The minimum Gasteiger partial charge on any atom is -0.435 e. The van der Waals surface area contributed by atoms with Crippen molar-refractivity contribution in [2.75, 3.05) is 39.0 Å². The van der Waals surface area contributed by atoms with E-state index >= 15 is 0 Å². The normalized spacial score (nSPS) is 14.0. The predicted molar refractivity (Wildman–Crippen MR) is 153 cm³/mol. The molecule has 19 heteroatoms. The van der Waals surface area contributed by atoms with Gasteiger partial charge in [-0.25, -0.2) is 14.2 Å². The van der Waals surface area contributed by atoms with Crippen molar-refractivity contribution in [3.8, 4) is 22.8 Å². The Morgan fingerprint density at radius 2 is 1.98 bits per heavy atom. The second kappa shape index (κ2) is 13.1. The molecule has 0 bridgehead atoms. The van der Waals surface area contributed by atoms with Gasteiger partial charge >= 0.3 is 13.2 Å². The number of amides is 1. The summed E-state index contributed by atoms with van der Waals surface area (Å²) in [4.78, 5) is 22.0. The van der Waals surface area contributed by atoms with E-state index in [1.807, 2.05) is 7.05 Å². The number of nitrogens with one attached hydrogen (secondary N) is 1. The molecule has 0 aliphatic carbocycles. The molecular formula is C27H28F4N12O3. The van der Waals surface area contributed by atoms with Crippen molar-refractivity contribution in [2.45, 2.75) is 32.4 Å². The number of anilines is 1. The lowest BCUT2D eigenvalue weighted by Gasteiger charge is -2.42. The van der Waals surface area contributed by atoms with Gasteiger partial charge in [-0.2, -0.15) is 27.8 Å². The molecule has 1 amide bonds. The second-order valence-electron chi connectivity index (χ2n) is 10.6. The highest BCUT2D eigenvalue weighted by Gasteiger charge is 2.27. The van der Waals surface area contributed by atoms with E-state index in [4.69, 9.17) is 0 Å². The number of hydrogen-bond donors (Lipinski definition) is 1. The third kappa shape index (κ3) is 6.74. The monoisotopic (exact) mass is 644 g/mol. The van der Waals surface area contributed by atoms with Crippen LogP contribution >= 0.6 is 0 Å². The molecule has 1 aliphatic rings. The van der Waals surface area contributed by atoms with Gasteiger partial charge in [-0.3, -0.25) is 14.4 Å². The lowest BCUT2D eigenvalue weighted by atomic mass is 10.1. The number of halogens is 4. The van der Waals surface area contributed by atoms with Crippen LogP contribution in [0.4, 0.5) is 23.2 Å². The quantitative estimate of drug-likeness (QED) is 0.189. The van der Waals surface area contributed by atoms with Gasteiger partial charge in [0.25, 0.3) is 5.91 Å². The fraction of sp³-hybridized carbons (Fsp3) is 0.370. The van der Waals surface area contributed by atoms with E-state index < -0.39 is 19.1 Å². The number of likely N-dealkylation sites (N-methyl/N-ethyl adjacent to an activating group) is 2. The molecule has 0 spiro atoms. The predicted octanol–water partition coefficient (Wildman–Crippen LogP) is 2.33. The molecule has 1 N–H and O–H groups in total. The van der Waals surface area contributed by atoms with Gasteiger partial charge in [0.2, 0.25) is 0 Å². The number of nitrogens with zero attached hydrogens (tertiary/aromatic N) is 11. The van der Waals surface area contributed by atoms with E-state index in [0.717, 1.165) is 31.3 Å². The zero-order valence-corrected chi connectivity index (χ0v) is 24.5. The third-order valence-corrected chi connectivity index (χ3v) is 7.42. The number of rotatable bonds is 13. The topological polar surface area (TPSA) is 146 Å². The first kappa shape index (κ1) is 30.8. The summed E-state index contributed by atoms with van der Waals surface area (Å²) in [5, 5.41) is 23.3. The van der Waals surface area contributed by atoms with Crippen LogP contribution in [0.1, 0.15) is 16.2 Å². The van der Waals surface area contributed by atoms with Crippen molar-refractivity contribution in [2.24, 2.45) is 0 Å². The van der Waals surface area contributed by atoms with Gasteiger partial charge in [-0.05, 0) is 48.8 Å². The molecule has 6 rings (SSSR count). The molecule has 5 aromatic rings. The summed E-state index contributed by atoms with van der Waals surface area (Å²) in [5.74, 6) is -0.933. The first-order chi connectivity index (χ1) is 22.1. The van der Waals surface area contributed by atoms with Crippen molar-refractivity contribution in [1.82, 2.24) is 54.4 Å². The minimum atomic E-state index is -3.24. The average molecular weight is 645 g/mol. The van der Waals surface area contributed by atoms with Crippen LogP contribution in [0, 0.1) is 0 Å². The fourth-order valence-electron chi connectivity index (χ4n) is 5.07. The van der Waals surface area contributed by atoms with Crippen LogP contribution in [-0.2, 0) is 13.1 Å². The van der Waals surface area contributed by atoms with Gasteiger partial charge < -0.3 is 19.7 Å². The van der Waals surface area contributed by atoms with Crippen LogP contribution in [0.25, 0.3) is 16.9 Å². The minimum absolute atomic E-state index is 0.0162. The van der Waals surface area contributed by atoms with E-state index in [-0.39, 0.29) is 46.2 Å². The Labute approximate surface area is 258 Å². The van der Waals surface area contributed by atoms with Crippen molar-refractivity contribution in [1.29, 1.82) is 0 Å². The number of carbonyl (C=O) groups excluding carboxylic acids is 1. The number of benzene rings is 1. The van der Waals surface area contributed by atoms with Gasteiger partial charge in [0.1, 0.15) is 29.3 Å². The zero-order valence-electron chi connectivity index (χ0n) is 24.5. The summed E-state index contributed by atoms with van der Waals surface area (Å²) < 4.78 is 66.5. The first-order valence-electron chi connectivity index (χ1n) is 14.0. The van der Waals surface area contributed by atoms with E-state index in [9.17, 15) is 22.4 Å². The average Bonchev–Trinajstić information content (AvgIpc) is 3.73. The molecule has 1 aliphatic heterocycles. The van der Waals surface area contributed by atoms with Gasteiger partial charge in [0.15, 0.2) is 11.5 Å². The lowest BCUT2D eigenvalue weighted by Crippen LogP contribution is -2.57. The first-order valence-corrected chi connectivity index (χ1v) is 14.0. The highest BCUT2D eigenvalue weighted by atomic mass is 19.3. The second-order valence-corrected chi connectivity index (χ2v) is 10.6. The number of hydrogen-bond acceptors (Lipinski definition) is 11. The zero-order chi connectivity index (χ0) is 32.4. The molecule has 1 saturated heterocycles. The highest BCUT2D eigenvalue weighted by Crippen LogP contribution is 2.38. The van der Waals surface area contributed by atoms with Crippen LogP contribution in [0.3, 0.4) is 0 Å². The van der Waals surface area contributed by atoms with Crippen molar-refractivity contribution >= 4 is 17.2 Å². The number of aromatic nitrogens is 9. The standard InChI is InChI=1S/C27H28F4N12O3/c1-39-12-16(13-39)40(2)8-9-42-22(35-37-38-42)15-41-14-20(34-25(44)19-11-33-43-7-3-6-32-24(19)43)23(36-41)18-10-17(45-26(28)29)4-5-21(18)46-27(30)31/h3-7,10-11,14,16,26-27H,8-9,12-13,15H2,1-2H3,(H,34,44). The lowest BCUT2D eigenvalue weighted by molar-refractivity contribution is -0.0526. The smallest absolute Gasteiger partial charge is 0.387 e. The number of tetrazole rings is 1. The molecule has 0 unspecified atom stereocenters. The Morgan fingerprint density at radius 3 is 2.74 bits per heavy atom. The number of fused-ring (bicyclic) bond motifs is 1. The van der Waals surface area contributed by atoms with Crippen LogP contribution < -0.4 is 14.8 Å². The van der Waals surface area contributed by atoms with E-state index in [1.165, 1.54) is 27.8 Å². The van der Waals surface area contributed by atoms with E-state index in [2.05, 4.69) is 62.3 Å². The maximum atomic E-state index is 13.4. The largest absolute Gasteiger partial charge is 0.435 e. The molecule has 1 fully saturated rings. The molecule has 15 nitrogen and oxygen atoms in total. The summed E-state index contributed by atoms with van der Waals surface area (Å²) >= 11 is 0. The van der Waals surface area contributed by atoms with Crippen molar-refractivity contribution in [3.05, 3.63) is 60.4 Å². The maximum Gasteiger partial charge on any atom is 0.387 e. The van der Waals surface area contributed by atoms with Gasteiger partial charge in [-0.1, -0.05) is 0 Å². The molecule has 242 valence electrons. The van der Waals surface area contributed by atoms with Crippen LogP contribution in [0.5, 0.6) is 11.5 Å². The summed E-state index contributed by atoms with van der Waals surface area (Å²) in [5.41, 5.74) is 0.212. The number of carbonyl (C=O) groups is 1. The molecule has 0 atom stereocenters. The maximum absolute atomic E-state index is 13.4. The molecule has 1 aromatic carbocycles. The van der Waals surface area contributed by atoms with Crippen molar-refractivity contribution < 1.29 is 31.8 Å². The Morgan fingerprint density at radius 1 is 1.17 bits per heavy atom. The van der Waals surface area contributed by atoms with Gasteiger partial charge in [-0.15, -0.1) is 5.10 Å². The SMILES string of the molecule is CN1CC(N(C)CCn2nnnc2Cn2cc(NC(=O)c3cnn4cccnc34)c(-c3cc(OC(F)F)ccc3OC(F)F)n2)C1. The molecule has 4 aromatic heterocycles. The molecule has 46 heavy (non-hydrogen) atoms. The number of ether oxygens (including phenoxy) is 2. The fourth-order valence-corrected chi connectivity index (χ4v) is 5.07. The third-order valence-electron chi connectivity index (χ3n) is 7.42. The van der Waals surface area contributed by atoms with E-state index in [1.54, 1.807) is 16.9 Å². The summed E-state index contributed by atoms with van der Waals surface area (Å²) in [6, 6.07) is 5.25. The molecule has 5 heterocycles. The molecule has 0 radical (unpaired) electrons. The number of alkyl halides is 4. The van der Waals surface area contributed by atoms with Gasteiger partial charge in [0.05, 0.1) is 24.0 Å². The van der Waals surface area contributed by atoms with Crippen LogP contribution in [0.2, 0.25) is 0 Å². The number of likely N-dealkylation sites (tertiary alicyclic amines) is 1. The van der Waals surface area contributed by atoms with Crippen molar-refractivity contribution in [3.63, 3.8) is 0 Å². The summed E-state index contributed by atoms with van der Waals surface area (Å²) in [6.07, 6.45) is 5.86. The van der Waals surface area contributed by atoms with E-state index in [0.29, 0.717) is 25.0 Å². The Balaban J connectivity index is 1.33. The van der Waals surface area contributed by atoms with Crippen LogP contribution in [-0.4, -0.2) is 113 Å². The Bertz CT molecular complexity index is 1820. The summed E-state index contributed by atoms with van der Waals surface area (Å²) in [7, 11) is 4.08. The Hall–Kier alpha value is -5.17.